The summed E-state index contributed by atoms with van der Waals surface area (Å²) in [5, 5.41) is 3.27. The number of piperazine rings is 1. The quantitative estimate of drug-likeness (QED) is 0.810. The van der Waals surface area contributed by atoms with Crippen LogP contribution in [0.4, 0.5) is 0 Å². The average molecular weight is 223 g/mol. The highest BCUT2D eigenvalue weighted by Crippen LogP contribution is 2.13. The smallest absolute Gasteiger partial charge is 0.117 e. The van der Waals surface area contributed by atoms with Gasteiger partial charge in [-0.15, -0.1) is 0 Å². The van der Waals surface area contributed by atoms with E-state index in [-0.39, 0.29) is 0 Å². The summed E-state index contributed by atoms with van der Waals surface area (Å²) in [4.78, 5) is 4.88. The molecule has 0 spiro atoms. The molecule has 1 saturated heterocycles. The Kier molecular flexibility index (Phi) is 3.98. The predicted molar refractivity (Wildman–Crippen MR) is 64.3 cm³/mol. The molecule has 0 saturated carbocycles. The highest BCUT2D eigenvalue weighted by atomic mass is 16.3. The van der Waals surface area contributed by atoms with Crippen molar-refractivity contribution in [3.05, 3.63) is 24.2 Å². The first-order valence-corrected chi connectivity index (χ1v) is 5.89. The number of nitrogens with zero attached hydrogens (tertiary/aromatic N) is 2. The summed E-state index contributed by atoms with van der Waals surface area (Å²) in [6, 6.07) is 4.58. The summed E-state index contributed by atoms with van der Waals surface area (Å²) in [7, 11) is 4.20. The first-order chi connectivity index (χ1) is 7.79. The maximum absolute atomic E-state index is 5.41. The summed E-state index contributed by atoms with van der Waals surface area (Å²) in [5.41, 5.74) is 0. The molecular formula is C12H21N3O. The lowest BCUT2D eigenvalue weighted by molar-refractivity contribution is 0.0782. The van der Waals surface area contributed by atoms with Gasteiger partial charge in [-0.3, -0.25) is 4.90 Å². The standard InChI is InChI=1S/C12H21N3O/c1-13-8-11-9-14(2)5-6-15(11)10-12-4-3-7-16-12/h3-4,7,11,13H,5-6,8-10H2,1-2H3. The molecule has 4 heteroatoms. The highest BCUT2D eigenvalue weighted by molar-refractivity contribution is 4.99. The molecule has 4 nitrogen and oxygen atoms in total. The zero-order valence-electron chi connectivity index (χ0n) is 10.1. The Morgan fingerprint density at radius 2 is 2.38 bits per heavy atom. The molecule has 0 aromatic carbocycles. The normalized spacial score (nSPS) is 23.8. The zero-order chi connectivity index (χ0) is 11.4. The maximum atomic E-state index is 5.41. The summed E-state index contributed by atoms with van der Waals surface area (Å²) >= 11 is 0. The van der Waals surface area contributed by atoms with Gasteiger partial charge in [0.2, 0.25) is 0 Å². The van der Waals surface area contributed by atoms with Crippen LogP contribution in [0.3, 0.4) is 0 Å². The largest absolute Gasteiger partial charge is 0.468 e. The van der Waals surface area contributed by atoms with E-state index < -0.39 is 0 Å². The third kappa shape index (κ3) is 2.84. The van der Waals surface area contributed by atoms with Crippen LogP contribution >= 0.6 is 0 Å². The number of rotatable bonds is 4. The third-order valence-corrected chi connectivity index (χ3v) is 3.19. The topological polar surface area (TPSA) is 31.6 Å². The summed E-state index contributed by atoms with van der Waals surface area (Å²) in [6.07, 6.45) is 1.75. The summed E-state index contributed by atoms with van der Waals surface area (Å²) < 4.78 is 5.41. The third-order valence-electron chi connectivity index (χ3n) is 3.19. The second-order valence-electron chi connectivity index (χ2n) is 4.52. The number of hydrogen-bond donors (Lipinski definition) is 1. The Morgan fingerprint density at radius 1 is 1.50 bits per heavy atom. The average Bonchev–Trinajstić information content (AvgIpc) is 2.75. The van der Waals surface area contributed by atoms with Crippen LogP contribution < -0.4 is 5.32 Å². The van der Waals surface area contributed by atoms with Crippen molar-refractivity contribution >= 4 is 0 Å². The molecule has 0 aliphatic carbocycles. The van der Waals surface area contributed by atoms with E-state index in [1.807, 2.05) is 13.1 Å². The van der Waals surface area contributed by atoms with E-state index in [2.05, 4.69) is 28.2 Å². The van der Waals surface area contributed by atoms with Crippen LogP contribution in [-0.4, -0.2) is 56.1 Å². The van der Waals surface area contributed by atoms with E-state index in [0.717, 1.165) is 38.5 Å². The molecule has 2 rings (SSSR count). The number of nitrogens with one attached hydrogen (secondary N) is 1. The van der Waals surface area contributed by atoms with Gasteiger partial charge < -0.3 is 14.6 Å². The Morgan fingerprint density at radius 3 is 3.06 bits per heavy atom. The second-order valence-corrected chi connectivity index (χ2v) is 4.52. The molecule has 90 valence electrons. The Balaban J connectivity index is 1.95. The van der Waals surface area contributed by atoms with E-state index in [0.29, 0.717) is 6.04 Å². The lowest BCUT2D eigenvalue weighted by Gasteiger charge is -2.39. The van der Waals surface area contributed by atoms with Crippen molar-refractivity contribution in [1.82, 2.24) is 15.1 Å². The van der Waals surface area contributed by atoms with Gasteiger partial charge in [0.15, 0.2) is 0 Å². The highest BCUT2D eigenvalue weighted by Gasteiger charge is 2.24. The molecule has 1 aromatic rings. The fourth-order valence-corrected chi connectivity index (χ4v) is 2.29. The predicted octanol–water partition coefficient (Wildman–Crippen LogP) is 0.615. The molecule has 1 fully saturated rings. The molecule has 1 aromatic heterocycles. The fraction of sp³-hybridized carbons (Fsp3) is 0.667. The molecule has 1 unspecified atom stereocenters. The van der Waals surface area contributed by atoms with E-state index >= 15 is 0 Å². The van der Waals surface area contributed by atoms with Crippen molar-refractivity contribution in [2.75, 3.05) is 40.3 Å². The second kappa shape index (κ2) is 5.48. The van der Waals surface area contributed by atoms with Crippen LogP contribution in [0.2, 0.25) is 0 Å². The van der Waals surface area contributed by atoms with Gasteiger partial charge >= 0.3 is 0 Å². The van der Waals surface area contributed by atoms with E-state index in [9.17, 15) is 0 Å². The van der Waals surface area contributed by atoms with Gasteiger partial charge in [-0.1, -0.05) is 0 Å². The summed E-state index contributed by atoms with van der Waals surface area (Å²) in [6.45, 7) is 5.34. The van der Waals surface area contributed by atoms with E-state index in [1.165, 1.54) is 0 Å². The number of likely N-dealkylation sites (N-methyl/N-ethyl adjacent to an activating group) is 2. The van der Waals surface area contributed by atoms with Gasteiger partial charge in [0, 0.05) is 32.2 Å². The van der Waals surface area contributed by atoms with Crippen LogP contribution in [0.5, 0.6) is 0 Å². The monoisotopic (exact) mass is 223 g/mol. The molecule has 0 amide bonds. The van der Waals surface area contributed by atoms with Crippen LogP contribution in [-0.2, 0) is 6.54 Å². The molecule has 1 aliphatic heterocycles. The van der Waals surface area contributed by atoms with Gasteiger partial charge in [0.05, 0.1) is 12.8 Å². The molecule has 1 aliphatic rings. The van der Waals surface area contributed by atoms with Crippen molar-refractivity contribution in [1.29, 1.82) is 0 Å². The molecule has 2 heterocycles. The molecule has 0 bridgehead atoms. The van der Waals surface area contributed by atoms with Crippen LogP contribution in [0, 0.1) is 0 Å². The van der Waals surface area contributed by atoms with Gasteiger partial charge in [0.25, 0.3) is 0 Å². The van der Waals surface area contributed by atoms with Crippen molar-refractivity contribution in [2.45, 2.75) is 12.6 Å². The number of hydrogen-bond acceptors (Lipinski definition) is 4. The van der Waals surface area contributed by atoms with Crippen molar-refractivity contribution in [3.63, 3.8) is 0 Å². The Labute approximate surface area is 97.2 Å². The van der Waals surface area contributed by atoms with Crippen LogP contribution in [0.15, 0.2) is 22.8 Å². The lowest BCUT2D eigenvalue weighted by Crippen LogP contribution is -2.54. The van der Waals surface area contributed by atoms with E-state index in [4.69, 9.17) is 4.42 Å². The van der Waals surface area contributed by atoms with Crippen molar-refractivity contribution in [2.24, 2.45) is 0 Å². The van der Waals surface area contributed by atoms with Gasteiger partial charge in [-0.05, 0) is 26.2 Å². The SMILES string of the molecule is CNCC1CN(C)CCN1Cc1ccco1. The Bertz CT molecular complexity index is 299. The fourth-order valence-electron chi connectivity index (χ4n) is 2.29. The van der Waals surface area contributed by atoms with Crippen LogP contribution in [0.25, 0.3) is 0 Å². The molecular weight excluding hydrogens is 202 g/mol. The summed E-state index contributed by atoms with van der Waals surface area (Å²) in [5.74, 6) is 1.06. The zero-order valence-corrected chi connectivity index (χ0v) is 10.1. The first-order valence-electron chi connectivity index (χ1n) is 5.89. The van der Waals surface area contributed by atoms with Gasteiger partial charge in [-0.2, -0.15) is 0 Å². The molecule has 0 radical (unpaired) electrons. The Hall–Kier alpha value is -0.840. The van der Waals surface area contributed by atoms with Crippen molar-refractivity contribution in [3.8, 4) is 0 Å². The lowest BCUT2D eigenvalue weighted by atomic mass is 10.1. The minimum atomic E-state index is 0.578. The molecule has 16 heavy (non-hydrogen) atoms. The minimum absolute atomic E-state index is 0.578. The van der Waals surface area contributed by atoms with Crippen LogP contribution in [0.1, 0.15) is 5.76 Å². The molecule has 1 N–H and O–H groups in total. The van der Waals surface area contributed by atoms with Gasteiger partial charge in [-0.25, -0.2) is 0 Å². The van der Waals surface area contributed by atoms with E-state index in [1.54, 1.807) is 6.26 Å². The molecule has 1 atom stereocenters. The minimum Gasteiger partial charge on any atom is -0.468 e. The number of furan rings is 1. The van der Waals surface area contributed by atoms with Gasteiger partial charge in [0.1, 0.15) is 5.76 Å². The maximum Gasteiger partial charge on any atom is 0.117 e. The first kappa shape index (κ1) is 11.6. The van der Waals surface area contributed by atoms with Crippen molar-refractivity contribution < 1.29 is 4.42 Å².